The third kappa shape index (κ3) is 4.84. The van der Waals surface area contributed by atoms with Crippen molar-refractivity contribution in [2.45, 2.75) is 19.9 Å². The molecular weight excluding hydrogens is 478 g/mol. The van der Waals surface area contributed by atoms with E-state index in [4.69, 9.17) is 0 Å². The summed E-state index contributed by atoms with van der Waals surface area (Å²) in [6, 6.07) is 25.7. The maximum absolute atomic E-state index is 13.8. The number of fused-ring (bicyclic) bond motifs is 1. The van der Waals surface area contributed by atoms with Crippen LogP contribution < -0.4 is 9.80 Å². The van der Waals surface area contributed by atoms with Crippen LogP contribution in [-0.2, 0) is 14.4 Å². The highest BCUT2D eigenvalue weighted by Gasteiger charge is 2.33. The summed E-state index contributed by atoms with van der Waals surface area (Å²) in [4.78, 5) is 45.4. The number of anilines is 2. The number of nitrogens with zero attached hydrogens (tertiary/aromatic N) is 4. The SMILES string of the molecule is CC(C)N(C(=O)CN1C=CN(c2ccccc2)C(=O)/C(=C/c2n[nH]c3ccccc23)C1=O)c1ccccc1. The van der Waals surface area contributed by atoms with Crippen molar-refractivity contribution >= 4 is 46.1 Å². The molecule has 1 aliphatic heterocycles. The molecule has 1 aromatic heterocycles. The van der Waals surface area contributed by atoms with Crippen LogP contribution in [0.2, 0.25) is 0 Å². The number of hydrogen-bond donors (Lipinski definition) is 1. The van der Waals surface area contributed by atoms with Gasteiger partial charge in [0.2, 0.25) is 5.91 Å². The number of H-pyrrole nitrogens is 1. The largest absolute Gasteiger partial charge is 0.308 e. The average molecular weight is 506 g/mol. The Bertz CT molecular complexity index is 1540. The smallest absolute Gasteiger partial charge is 0.268 e. The average Bonchev–Trinajstić information content (AvgIpc) is 3.30. The third-order valence-corrected chi connectivity index (χ3v) is 6.28. The number of carbonyl (C=O) groups is 3. The Hall–Kier alpha value is -4.98. The van der Waals surface area contributed by atoms with Crippen molar-refractivity contribution in [3.05, 3.63) is 109 Å². The molecule has 8 heteroatoms. The molecule has 0 saturated heterocycles. The minimum atomic E-state index is -0.582. The number of aromatic nitrogens is 2. The van der Waals surface area contributed by atoms with Crippen LogP contribution in [0.3, 0.4) is 0 Å². The molecule has 0 aliphatic carbocycles. The van der Waals surface area contributed by atoms with Gasteiger partial charge in [0, 0.05) is 35.2 Å². The van der Waals surface area contributed by atoms with Crippen LogP contribution >= 0.6 is 0 Å². The van der Waals surface area contributed by atoms with E-state index in [9.17, 15) is 14.4 Å². The van der Waals surface area contributed by atoms with Crippen molar-refractivity contribution in [3.8, 4) is 0 Å². The van der Waals surface area contributed by atoms with E-state index in [0.717, 1.165) is 16.6 Å². The van der Waals surface area contributed by atoms with E-state index in [1.54, 1.807) is 17.0 Å². The van der Waals surface area contributed by atoms with Gasteiger partial charge in [-0.15, -0.1) is 0 Å². The fourth-order valence-corrected chi connectivity index (χ4v) is 4.47. The van der Waals surface area contributed by atoms with Gasteiger partial charge in [-0.25, -0.2) is 0 Å². The summed E-state index contributed by atoms with van der Waals surface area (Å²) in [6.07, 6.45) is 4.49. The molecule has 0 atom stereocenters. The summed E-state index contributed by atoms with van der Waals surface area (Å²) >= 11 is 0. The van der Waals surface area contributed by atoms with Crippen LogP contribution in [0.25, 0.3) is 17.0 Å². The molecule has 3 aromatic carbocycles. The van der Waals surface area contributed by atoms with Crippen molar-refractivity contribution in [1.29, 1.82) is 0 Å². The van der Waals surface area contributed by atoms with E-state index in [0.29, 0.717) is 11.4 Å². The molecule has 0 unspecified atom stereocenters. The second kappa shape index (κ2) is 10.6. The van der Waals surface area contributed by atoms with Gasteiger partial charge in [0.25, 0.3) is 11.8 Å². The Kier molecular flexibility index (Phi) is 6.86. The van der Waals surface area contributed by atoms with Crippen molar-refractivity contribution < 1.29 is 14.4 Å². The fourth-order valence-electron chi connectivity index (χ4n) is 4.47. The summed E-state index contributed by atoms with van der Waals surface area (Å²) in [5.74, 6) is -1.36. The molecule has 4 aromatic rings. The number of carbonyl (C=O) groups excluding carboxylic acids is 3. The Morgan fingerprint density at radius 3 is 2.26 bits per heavy atom. The molecule has 1 N–H and O–H groups in total. The van der Waals surface area contributed by atoms with Gasteiger partial charge in [-0.3, -0.25) is 24.4 Å². The second-order valence-electron chi connectivity index (χ2n) is 9.15. The molecule has 8 nitrogen and oxygen atoms in total. The predicted molar refractivity (Wildman–Crippen MR) is 148 cm³/mol. The fraction of sp³-hybridized carbons (Fsp3) is 0.133. The molecule has 190 valence electrons. The maximum atomic E-state index is 13.8. The first kappa shape index (κ1) is 24.7. The number of hydrogen-bond acceptors (Lipinski definition) is 4. The first-order valence-electron chi connectivity index (χ1n) is 12.3. The van der Waals surface area contributed by atoms with Gasteiger partial charge in [0.1, 0.15) is 12.1 Å². The molecule has 5 rings (SSSR count). The highest BCUT2D eigenvalue weighted by atomic mass is 16.2. The lowest BCUT2D eigenvalue weighted by Crippen LogP contribution is -2.44. The van der Waals surface area contributed by atoms with Crippen molar-refractivity contribution in [2.75, 3.05) is 16.3 Å². The van der Waals surface area contributed by atoms with Gasteiger partial charge in [-0.2, -0.15) is 5.10 Å². The van der Waals surface area contributed by atoms with Crippen molar-refractivity contribution in [2.24, 2.45) is 0 Å². The number of aromatic amines is 1. The molecule has 0 spiro atoms. The Labute approximate surface area is 220 Å². The summed E-state index contributed by atoms with van der Waals surface area (Å²) in [5.41, 5.74) is 2.49. The highest BCUT2D eigenvalue weighted by molar-refractivity contribution is 6.28. The first-order chi connectivity index (χ1) is 18.4. The zero-order valence-electron chi connectivity index (χ0n) is 21.1. The quantitative estimate of drug-likeness (QED) is 0.303. The third-order valence-electron chi connectivity index (χ3n) is 6.28. The topological polar surface area (TPSA) is 89.6 Å². The predicted octanol–water partition coefficient (Wildman–Crippen LogP) is 4.73. The van der Waals surface area contributed by atoms with E-state index in [2.05, 4.69) is 10.2 Å². The van der Waals surface area contributed by atoms with Crippen LogP contribution in [0.1, 0.15) is 19.5 Å². The summed E-state index contributed by atoms with van der Waals surface area (Å²) < 4.78 is 0. The Morgan fingerprint density at radius 2 is 1.55 bits per heavy atom. The summed E-state index contributed by atoms with van der Waals surface area (Å²) in [6.45, 7) is 3.59. The molecule has 0 saturated carbocycles. The molecule has 38 heavy (non-hydrogen) atoms. The number of nitrogens with one attached hydrogen (secondary N) is 1. The zero-order chi connectivity index (χ0) is 26.6. The van der Waals surface area contributed by atoms with E-state index in [-0.39, 0.29) is 24.1 Å². The van der Waals surface area contributed by atoms with Gasteiger partial charge >= 0.3 is 0 Å². The molecule has 1 aliphatic rings. The van der Waals surface area contributed by atoms with Gasteiger partial charge in [-0.1, -0.05) is 54.6 Å². The van der Waals surface area contributed by atoms with Crippen molar-refractivity contribution in [3.63, 3.8) is 0 Å². The minimum absolute atomic E-state index is 0.0975. The van der Waals surface area contributed by atoms with E-state index in [1.807, 2.05) is 86.6 Å². The second-order valence-corrected chi connectivity index (χ2v) is 9.15. The standard InChI is InChI=1S/C30H27N5O3/c1-21(2)35(23-13-7-4-8-14-23)28(36)20-33-17-18-34(22-11-5-3-6-12-22)30(38)25(29(33)37)19-27-24-15-9-10-16-26(24)31-32-27/h3-19,21H,20H2,1-2H3,(H,31,32)/b25-19+. The van der Waals surface area contributed by atoms with Crippen LogP contribution in [-0.4, -0.2) is 45.4 Å². The first-order valence-corrected chi connectivity index (χ1v) is 12.3. The maximum Gasteiger partial charge on any atom is 0.268 e. The highest BCUT2D eigenvalue weighted by Crippen LogP contribution is 2.25. The molecule has 0 radical (unpaired) electrons. The zero-order valence-corrected chi connectivity index (χ0v) is 21.1. The number of amides is 3. The van der Waals surface area contributed by atoms with Gasteiger partial charge in [-0.05, 0) is 50.3 Å². The number of rotatable bonds is 6. The number of para-hydroxylation sites is 3. The lowest BCUT2D eigenvalue weighted by Gasteiger charge is -2.29. The van der Waals surface area contributed by atoms with E-state index in [1.165, 1.54) is 28.3 Å². The Morgan fingerprint density at radius 1 is 0.895 bits per heavy atom. The normalized spacial score (nSPS) is 15.0. The monoisotopic (exact) mass is 505 g/mol. The lowest BCUT2D eigenvalue weighted by atomic mass is 10.1. The minimum Gasteiger partial charge on any atom is -0.308 e. The lowest BCUT2D eigenvalue weighted by molar-refractivity contribution is -0.131. The van der Waals surface area contributed by atoms with Crippen LogP contribution in [0.4, 0.5) is 11.4 Å². The van der Waals surface area contributed by atoms with Crippen LogP contribution in [0.15, 0.2) is 103 Å². The molecule has 0 bridgehead atoms. The van der Waals surface area contributed by atoms with Crippen LogP contribution in [0.5, 0.6) is 0 Å². The van der Waals surface area contributed by atoms with E-state index >= 15 is 0 Å². The van der Waals surface area contributed by atoms with Gasteiger partial charge < -0.3 is 9.80 Å². The Balaban J connectivity index is 1.55. The van der Waals surface area contributed by atoms with Crippen LogP contribution in [0, 0.1) is 0 Å². The summed E-state index contributed by atoms with van der Waals surface area (Å²) in [7, 11) is 0. The molecular formula is C30H27N5O3. The number of benzene rings is 3. The van der Waals surface area contributed by atoms with Gasteiger partial charge in [0.05, 0.1) is 11.2 Å². The molecule has 0 fully saturated rings. The molecule has 2 heterocycles. The summed E-state index contributed by atoms with van der Waals surface area (Å²) in [5, 5.41) is 8.04. The molecule has 3 amide bonds. The van der Waals surface area contributed by atoms with Crippen molar-refractivity contribution in [1.82, 2.24) is 15.1 Å². The van der Waals surface area contributed by atoms with Gasteiger partial charge in [0.15, 0.2) is 0 Å². The van der Waals surface area contributed by atoms with E-state index < -0.39 is 11.8 Å².